The van der Waals surface area contributed by atoms with Crippen LogP contribution >= 0.6 is 22.7 Å². The first-order valence-corrected chi connectivity index (χ1v) is 19.3. The van der Waals surface area contributed by atoms with Gasteiger partial charge < -0.3 is 20.3 Å². The van der Waals surface area contributed by atoms with Crippen molar-refractivity contribution in [3.05, 3.63) is 76.3 Å². The minimum Gasteiger partial charge on any atom is -0.471 e. The molecule has 2 aliphatic heterocycles. The van der Waals surface area contributed by atoms with Gasteiger partial charge in [-0.3, -0.25) is 24.5 Å². The number of thiophene rings is 2. The lowest BCUT2D eigenvalue weighted by molar-refractivity contribution is -0.141. The number of H-pyrrole nitrogens is 1. The number of tetrazole rings is 1. The Morgan fingerprint density at radius 1 is 0.981 bits per heavy atom. The van der Waals surface area contributed by atoms with Crippen LogP contribution in [0.3, 0.4) is 0 Å². The predicted octanol–water partition coefficient (Wildman–Crippen LogP) is 4.11. The Morgan fingerprint density at radius 2 is 1.81 bits per heavy atom. The molecule has 8 rings (SSSR count). The van der Waals surface area contributed by atoms with Crippen molar-refractivity contribution in [1.29, 1.82) is 0 Å². The lowest BCUT2D eigenvalue weighted by atomic mass is 10.0. The number of anilines is 1. The van der Waals surface area contributed by atoms with Crippen LogP contribution < -0.4 is 20.7 Å². The smallest absolute Gasteiger partial charge is 0.269 e. The molecule has 0 radical (unpaired) electrons. The molecule has 1 aliphatic carbocycles. The van der Waals surface area contributed by atoms with Crippen LogP contribution in [0.15, 0.2) is 71.4 Å². The van der Waals surface area contributed by atoms with E-state index in [4.69, 9.17) is 14.7 Å². The SMILES string of the molecule is O=C(N[C@H]1CCCCC/C=C\[C@H]2C[C@@]2(C(=O)Nc2nn[nH]n2)NC(=O)[C@@H]2C[C@@H](Oc3nc4ccccc4nc3-c3cccs3)CN2C1=O)c1cccs1. The van der Waals surface area contributed by atoms with E-state index in [0.29, 0.717) is 40.9 Å². The molecule has 3 aliphatic rings. The van der Waals surface area contributed by atoms with Gasteiger partial charge in [-0.1, -0.05) is 54.4 Å². The number of nitrogens with one attached hydrogen (secondary N) is 4. The zero-order valence-electron chi connectivity index (χ0n) is 28.4. The number of aromatic nitrogens is 6. The summed E-state index contributed by atoms with van der Waals surface area (Å²) in [6.45, 7) is 0.0477. The normalized spacial score (nSPS) is 25.3. The standard InChI is InChI=1S/C36H36N10O5S2/c47-30-26-18-22(51-32-29(27-14-8-16-52-27)37-23-11-6-7-12-24(23)39-32)20-46(26)33(49)25(38-31(48)28-15-9-17-53-28)13-5-3-1-2-4-10-21-19-36(21,41-30)34(50)40-35-42-44-45-43-35/h4,6-12,14-17,21-22,25-26H,1-3,5,13,18-20H2,(H,38,48)(H,41,47)(H2,40,42,43,44,45,50)/b10-4-/t21-,22+,25-,26-,36+/m0/s1. The maximum Gasteiger partial charge on any atom is 0.269 e. The summed E-state index contributed by atoms with van der Waals surface area (Å²) in [6, 6.07) is 12.9. The number of aromatic amines is 1. The van der Waals surface area contributed by atoms with Crippen LogP contribution in [0.4, 0.5) is 5.95 Å². The van der Waals surface area contributed by atoms with E-state index in [-0.39, 0.29) is 36.6 Å². The van der Waals surface area contributed by atoms with E-state index in [1.807, 2.05) is 53.9 Å². The van der Waals surface area contributed by atoms with Gasteiger partial charge in [-0.05, 0) is 65.9 Å². The third kappa shape index (κ3) is 7.26. The molecule has 1 saturated heterocycles. The van der Waals surface area contributed by atoms with Gasteiger partial charge in [0.1, 0.15) is 29.4 Å². The topological polar surface area (TPSA) is 197 Å². The zero-order valence-corrected chi connectivity index (χ0v) is 30.1. The van der Waals surface area contributed by atoms with Crippen LogP contribution in [0.1, 0.15) is 54.6 Å². The largest absolute Gasteiger partial charge is 0.471 e. The molecule has 6 heterocycles. The van der Waals surface area contributed by atoms with Crippen LogP contribution in [-0.2, 0) is 14.4 Å². The molecule has 17 heteroatoms. The quantitative estimate of drug-likeness (QED) is 0.176. The number of para-hydroxylation sites is 2. The Balaban J connectivity index is 1.12. The van der Waals surface area contributed by atoms with Crippen LogP contribution in [-0.4, -0.2) is 89.4 Å². The Kier molecular flexibility index (Phi) is 9.66. The van der Waals surface area contributed by atoms with Gasteiger partial charge in [-0.25, -0.2) is 9.97 Å². The molecule has 53 heavy (non-hydrogen) atoms. The second-order valence-corrected chi connectivity index (χ2v) is 15.3. The van der Waals surface area contributed by atoms with Crippen molar-refractivity contribution in [2.75, 3.05) is 11.9 Å². The first-order valence-electron chi connectivity index (χ1n) is 17.5. The minimum absolute atomic E-state index is 0.0161. The number of hydrogen-bond donors (Lipinski definition) is 4. The molecule has 15 nitrogen and oxygen atoms in total. The molecule has 272 valence electrons. The van der Waals surface area contributed by atoms with Crippen molar-refractivity contribution < 1.29 is 23.9 Å². The highest BCUT2D eigenvalue weighted by Gasteiger charge is 2.61. The van der Waals surface area contributed by atoms with Crippen molar-refractivity contribution >= 4 is 63.3 Å². The molecule has 1 saturated carbocycles. The summed E-state index contributed by atoms with van der Waals surface area (Å²) in [5, 5.41) is 25.9. The van der Waals surface area contributed by atoms with E-state index >= 15 is 0 Å². The van der Waals surface area contributed by atoms with Gasteiger partial charge in [0.2, 0.25) is 17.7 Å². The van der Waals surface area contributed by atoms with Crippen molar-refractivity contribution in [1.82, 2.24) is 46.1 Å². The summed E-state index contributed by atoms with van der Waals surface area (Å²) in [5.74, 6) is -1.74. The number of nitrogens with zero attached hydrogens (tertiary/aromatic N) is 6. The molecule has 4 amide bonds. The molecule has 5 aromatic rings. The number of allylic oxidation sites excluding steroid dienone is 1. The highest BCUT2D eigenvalue weighted by Crippen LogP contribution is 2.46. The molecule has 0 unspecified atom stereocenters. The summed E-state index contributed by atoms with van der Waals surface area (Å²) in [5.41, 5.74) is 0.622. The van der Waals surface area contributed by atoms with Gasteiger partial charge in [0.15, 0.2) is 0 Å². The molecule has 0 spiro atoms. The first kappa shape index (κ1) is 34.5. The van der Waals surface area contributed by atoms with Gasteiger partial charge in [0.25, 0.3) is 17.8 Å². The Bertz CT molecular complexity index is 2140. The maximum atomic E-state index is 14.6. The maximum absolute atomic E-state index is 14.6. The fourth-order valence-electron chi connectivity index (χ4n) is 7.03. The summed E-state index contributed by atoms with van der Waals surface area (Å²) in [7, 11) is 0. The number of rotatable bonds is 7. The summed E-state index contributed by atoms with van der Waals surface area (Å²) in [6.07, 6.45) is 7.36. The Labute approximate surface area is 311 Å². The second-order valence-electron chi connectivity index (χ2n) is 13.4. The van der Waals surface area contributed by atoms with Gasteiger partial charge in [-0.2, -0.15) is 5.21 Å². The van der Waals surface area contributed by atoms with Crippen LogP contribution in [0.2, 0.25) is 0 Å². The fraction of sp³-hybridized carbons (Fsp3) is 0.361. The molecule has 4 N–H and O–H groups in total. The number of carbonyl (C=O) groups excluding carboxylic acids is 4. The third-order valence-electron chi connectivity index (χ3n) is 9.84. The number of ether oxygens (including phenoxy) is 1. The van der Waals surface area contributed by atoms with Crippen molar-refractivity contribution in [2.45, 2.75) is 68.7 Å². The number of fused-ring (bicyclic) bond motifs is 3. The Hall–Kier alpha value is -5.55. The molecular formula is C36H36N10O5S2. The summed E-state index contributed by atoms with van der Waals surface area (Å²) >= 11 is 2.79. The van der Waals surface area contributed by atoms with Crippen molar-refractivity contribution in [3.8, 4) is 16.5 Å². The molecule has 5 atom stereocenters. The number of amides is 4. The van der Waals surface area contributed by atoms with Gasteiger partial charge in [-0.15, -0.1) is 27.8 Å². The highest BCUT2D eigenvalue weighted by atomic mass is 32.1. The number of carbonyl (C=O) groups is 4. The second kappa shape index (κ2) is 14.8. The third-order valence-corrected chi connectivity index (χ3v) is 11.6. The molecule has 0 bridgehead atoms. The van der Waals surface area contributed by atoms with E-state index in [2.05, 4.69) is 36.6 Å². The predicted molar refractivity (Wildman–Crippen MR) is 197 cm³/mol. The molecule has 4 aromatic heterocycles. The molecule has 1 aromatic carbocycles. The number of hydrogen-bond acceptors (Lipinski definition) is 12. The average molecular weight is 753 g/mol. The van der Waals surface area contributed by atoms with E-state index in [1.165, 1.54) is 27.6 Å². The van der Waals surface area contributed by atoms with Crippen LogP contribution in [0, 0.1) is 5.92 Å². The zero-order chi connectivity index (χ0) is 36.4. The van der Waals surface area contributed by atoms with Gasteiger partial charge in [0, 0.05) is 12.3 Å². The lowest BCUT2D eigenvalue weighted by Crippen LogP contribution is -2.57. The van der Waals surface area contributed by atoms with E-state index in [1.54, 1.807) is 17.5 Å². The van der Waals surface area contributed by atoms with E-state index in [0.717, 1.165) is 24.1 Å². The van der Waals surface area contributed by atoms with E-state index in [9.17, 15) is 19.2 Å². The monoisotopic (exact) mass is 752 g/mol. The number of benzene rings is 1. The van der Waals surface area contributed by atoms with Crippen LogP contribution in [0.5, 0.6) is 5.88 Å². The lowest BCUT2D eigenvalue weighted by Gasteiger charge is -2.29. The molecule has 2 fully saturated rings. The van der Waals surface area contributed by atoms with Crippen LogP contribution in [0.25, 0.3) is 21.6 Å². The first-order chi connectivity index (χ1) is 25.9. The van der Waals surface area contributed by atoms with Crippen molar-refractivity contribution in [2.24, 2.45) is 5.92 Å². The van der Waals surface area contributed by atoms with E-state index < -0.39 is 41.4 Å². The van der Waals surface area contributed by atoms with Gasteiger partial charge >= 0.3 is 0 Å². The van der Waals surface area contributed by atoms with Crippen molar-refractivity contribution in [3.63, 3.8) is 0 Å². The molecular weight excluding hydrogens is 717 g/mol. The minimum atomic E-state index is -1.29. The Morgan fingerprint density at radius 3 is 2.58 bits per heavy atom. The van der Waals surface area contributed by atoms with Gasteiger partial charge in [0.05, 0.1) is 27.3 Å². The fourth-order valence-corrected chi connectivity index (χ4v) is 8.36. The summed E-state index contributed by atoms with van der Waals surface area (Å²) < 4.78 is 6.59. The highest BCUT2D eigenvalue weighted by molar-refractivity contribution is 7.13. The summed E-state index contributed by atoms with van der Waals surface area (Å²) in [4.78, 5) is 68.6. The average Bonchev–Trinajstić information content (AvgIpc) is 3.85.